The minimum absolute atomic E-state index is 0.00914. The molecule has 1 aliphatic rings. The Labute approximate surface area is 77.7 Å². The van der Waals surface area contributed by atoms with Crippen LogP contribution in [0.15, 0.2) is 0 Å². The number of aromatic nitrogens is 2. The summed E-state index contributed by atoms with van der Waals surface area (Å²) in [4.78, 5) is 4.38. The summed E-state index contributed by atoms with van der Waals surface area (Å²) in [5.74, 6) is 0.750. The Morgan fingerprint density at radius 3 is 2.69 bits per heavy atom. The molecule has 2 rings (SSSR count). The maximum absolute atomic E-state index is 5.96. The van der Waals surface area contributed by atoms with Gasteiger partial charge in [-0.2, -0.15) is 4.98 Å². The highest BCUT2D eigenvalue weighted by Gasteiger charge is 2.27. The summed E-state index contributed by atoms with van der Waals surface area (Å²) in [7, 11) is 0. The lowest BCUT2D eigenvalue weighted by molar-refractivity contribution is 0.342. The molecule has 0 saturated carbocycles. The molecule has 0 fully saturated rings. The Morgan fingerprint density at radius 1 is 1.46 bits per heavy atom. The molecular weight excluding hydrogens is 166 g/mol. The van der Waals surface area contributed by atoms with Crippen molar-refractivity contribution in [2.75, 3.05) is 12.3 Å². The summed E-state index contributed by atoms with van der Waals surface area (Å²) < 4.78 is 7.26. The Balaban J connectivity index is 2.51. The average Bonchev–Trinajstić information content (AvgIpc) is 2.51. The van der Waals surface area contributed by atoms with E-state index in [1.54, 1.807) is 0 Å². The molecule has 0 aromatic carbocycles. The molecule has 1 aliphatic heterocycles. The highest BCUT2D eigenvalue weighted by molar-refractivity contribution is 5.44. The van der Waals surface area contributed by atoms with Crippen molar-refractivity contribution in [2.45, 2.75) is 32.7 Å². The number of imidazole rings is 1. The van der Waals surface area contributed by atoms with E-state index in [1.165, 1.54) is 0 Å². The maximum Gasteiger partial charge on any atom is 0.298 e. The van der Waals surface area contributed by atoms with E-state index in [4.69, 9.17) is 10.5 Å². The van der Waals surface area contributed by atoms with Crippen molar-refractivity contribution >= 4 is 5.82 Å². The van der Waals surface area contributed by atoms with Crippen LogP contribution in [0, 0.1) is 0 Å². The predicted octanol–water partition coefficient (Wildman–Crippen LogP) is 1.16. The first kappa shape index (κ1) is 8.41. The van der Waals surface area contributed by atoms with Crippen LogP contribution in [-0.2, 0) is 12.0 Å². The van der Waals surface area contributed by atoms with Crippen molar-refractivity contribution in [2.24, 2.45) is 0 Å². The molecule has 0 aliphatic carbocycles. The van der Waals surface area contributed by atoms with Gasteiger partial charge in [0.25, 0.3) is 6.01 Å². The number of nitrogens with zero attached hydrogens (tertiary/aromatic N) is 2. The first-order valence-electron chi connectivity index (χ1n) is 4.49. The predicted molar refractivity (Wildman–Crippen MR) is 50.8 cm³/mol. The van der Waals surface area contributed by atoms with Gasteiger partial charge in [0, 0.05) is 5.41 Å². The average molecular weight is 181 g/mol. The zero-order valence-corrected chi connectivity index (χ0v) is 8.29. The van der Waals surface area contributed by atoms with Crippen molar-refractivity contribution in [3.8, 4) is 6.01 Å². The molecule has 72 valence electrons. The summed E-state index contributed by atoms with van der Waals surface area (Å²) in [6.45, 7) is 7.81. The van der Waals surface area contributed by atoms with Crippen molar-refractivity contribution in [1.29, 1.82) is 0 Å². The van der Waals surface area contributed by atoms with E-state index in [-0.39, 0.29) is 5.41 Å². The van der Waals surface area contributed by atoms with Crippen LogP contribution in [0.1, 0.15) is 26.5 Å². The number of anilines is 1. The van der Waals surface area contributed by atoms with E-state index < -0.39 is 0 Å². The molecule has 0 unspecified atom stereocenters. The normalized spacial score (nSPS) is 15.6. The first-order chi connectivity index (χ1) is 6.00. The summed E-state index contributed by atoms with van der Waals surface area (Å²) in [5, 5.41) is 0. The van der Waals surface area contributed by atoms with Crippen LogP contribution in [0.4, 0.5) is 5.82 Å². The fraction of sp³-hybridized carbons (Fsp3) is 0.667. The van der Waals surface area contributed by atoms with E-state index in [0.717, 1.165) is 18.1 Å². The third kappa shape index (κ3) is 1.17. The van der Waals surface area contributed by atoms with E-state index >= 15 is 0 Å². The van der Waals surface area contributed by atoms with Crippen molar-refractivity contribution in [1.82, 2.24) is 9.55 Å². The first-order valence-corrected chi connectivity index (χ1v) is 4.49. The third-order valence-corrected chi connectivity index (χ3v) is 2.23. The minimum atomic E-state index is -0.00914. The molecule has 13 heavy (non-hydrogen) atoms. The van der Waals surface area contributed by atoms with Crippen LogP contribution >= 0.6 is 0 Å². The Morgan fingerprint density at radius 2 is 2.15 bits per heavy atom. The van der Waals surface area contributed by atoms with Gasteiger partial charge in [-0.1, -0.05) is 20.8 Å². The van der Waals surface area contributed by atoms with Crippen LogP contribution in [0.3, 0.4) is 0 Å². The van der Waals surface area contributed by atoms with Gasteiger partial charge in [-0.3, -0.25) is 4.57 Å². The molecule has 0 radical (unpaired) electrons. The fourth-order valence-electron chi connectivity index (χ4n) is 1.55. The molecule has 2 N–H and O–H groups in total. The second-order valence-electron chi connectivity index (χ2n) is 4.38. The number of rotatable bonds is 0. The number of hydrogen-bond acceptors (Lipinski definition) is 3. The van der Waals surface area contributed by atoms with Gasteiger partial charge in [-0.15, -0.1) is 0 Å². The minimum Gasteiger partial charge on any atom is -0.463 e. The summed E-state index contributed by atoms with van der Waals surface area (Å²) >= 11 is 0. The quantitative estimate of drug-likeness (QED) is 0.653. The van der Waals surface area contributed by atoms with E-state index in [0.29, 0.717) is 12.6 Å². The Bertz CT molecular complexity index is 335. The molecule has 0 bridgehead atoms. The molecule has 0 amide bonds. The standard InChI is InChI=1S/C9H15N3O/c1-9(2,3)6-7(10)12-4-5-13-8(12)11-6/h4-5,10H2,1-3H3. The second kappa shape index (κ2) is 2.40. The van der Waals surface area contributed by atoms with Gasteiger partial charge in [0.2, 0.25) is 0 Å². The molecule has 4 nitrogen and oxygen atoms in total. The molecule has 1 aromatic heterocycles. The lowest BCUT2D eigenvalue weighted by atomic mass is 9.92. The van der Waals surface area contributed by atoms with Crippen molar-refractivity contribution in [3.63, 3.8) is 0 Å². The van der Waals surface area contributed by atoms with Gasteiger partial charge < -0.3 is 10.5 Å². The fourth-order valence-corrected chi connectivity index (χ4v) is 1.55. The van der Waals surface area contributed by atoms with Gasteiger partial charge in [-0.05, 0) is 0 Å². The molecule has 4 heteroatoms. The SMILES string of the molecule is CC(C)(C)c1nc2n(c1N)CCO2. The smallest absolute Gasteiger partial charge is 0.298 e. The summed E-state index contributed by atoms with van der Waals surface area (Å²) in [6.07, 6.45) is 0. The monoisotopic (exact) mass is 181 g/mol. The van der Waals surface area contributed by atoms with Crippen LogP contribution < -0.4 is 10.5 Å². The zero-order valence-electron chi connectivity index (χ0n) is 8.29. The van der Waals surface area contributed by atoms with Crippen LogP contribution in [0.5, 0.6) is 6.01 Å². The molecule has 0 saturated heterocycles. The topological polar surface area (TPSA) is 53.1 Å². The lowest BCUT2D eigenvalue weighted by Crippen LogP contribution is -2.15. The largest absolute Gasteiger partial charge is 0.463 e. The number of nitrogen functional groups attached to an aromatic ring is 1. The van der Waals surface area contributed by atoms with Gasteiger partial charge in [0.15, 0.2) is 0 Å². The van der Waals surface area contributed by atoms with Crippen LogP contribution in [0.25, 0.3) is 0 Å². The maximum atomic E-state index is 5.96. The van der Waals surface area contributed by atoms with Gasteiger partial charge >= 0.3 is 0 Å². The Kier molecular flexibility index (Phi) is 1.55. The van der Waals surface area contributed by atoms with Crippen molar-refractivity contribution in [3.05, 3.63) is 5.69 Å². The zero-order chi connectivity index (χ0) is 9.64. The third-order valence-electron chi connectivity index (χ3n) is 2.23. The van der Waals surface area contributed by atoms with E-state index in [9.17, 15) is 0 Å². The molecule has 0 atom stereocenters. The summed E-state index contributed by atoms with van der Waals surface area (Å²) in [6, 6.07) is 0.669. The molecular formula is C9H15N3O. The highest BCUT2D eigenvalue weighted by Crippen LogP contribution is 2.32. The lowest BCUT2D eigenvalue weighted by Gasteiger charge is -2.16. The number of ether oxygens (including phenoxy) is 1. The summed E-state index contributed by atoms with van der Waals surface area (Å²) in [5.41, 5.74) is 6.88. The van der Waals surface area contributed by atoms with Crippen LogP contribution in [0.2, 0.25) is 0 Å². The molecule has 2 heterocycles. The van der Waals surface area contributed by atoms with Gasteiger partial charge in [0.05, 0.1) is 12.2 Å². The van der Waals surface area contributed by atoms with E-state index in [1.807, 2.05) is 4.57 Å². The number of fused-ring (bicyclic) bond motifs is 1. The van der Waals surface area contributed by atoms with Crippen molar-refractivity contribution < 1.29 is 4.74 Å². The highest BCUT2D eigenvalue weighted by atomic mass is 16.5. The molecule has 1 aromatic rings. The van der Waals surface area contributed by atoms with Gasteiger partial charge in [0.1, 0.15) is 12.4 Å². The Hall–Kier alpha value is -1.19. The van der Waals surface area contributed by atoms with Crippen LogP contribution in [-0.4, -0.2) is 16.2 Å². The molecule has 0 spiro atoms. The van der Waals surface area contributed by atoms with Gasteiger partial charge in [-0.25, -0.2) is 0 Å². The second-order valence-corrected chi connectivity index (χ2v) is 4.38. The number of hydrogen-bond donors (Lipinski definition) is 1. The number of nitrogens with two attached hydrogens (primary N) is 1. The van der Waals surface area contributed by atoms with E-state index in [2.05, 4.69) is 25.8 Å².